The van der Waals surface area contributed by atoms with Crippen LogP contribution in [0.15, 0.2) is 18.2 Å². The van der Waals surface area contributed by atoms with Crippen LogP contribution in [0.5, 0.6) is 0 Å². The summed E-state index contributed by atoms with van der Waals surface area (Å²) in [5.41, 5.74) is 0.391. The van der Waals surface area contributed by atoms with Crippen LogP contribution < -0.4 is 10.6 Å². The molecule has 0 radical (unpaired) electrons. The fourth-order valence-electron chi connectivity index (χ4n) is 2.60. The molecular formula is C17H25FN2O2. The normalized spacial score (nSPS) is 16.2. The Morgan fingerprint density at radius 2 is 1.91 bits per heavy atom. The smallest absolute Gasteiger partial charge is 0.412 e. The van der Waals surface area contributed by atoms with Crippen LogP contribution in [0.25, 0.3) is 0 Å². The van der Waals surface area contributed by atoms with Crippen LogP contribution in [0.3, 0.4) is 0 Å². The second kappa shape index (κ2) is 6.99. The molecular weight excluding hydrogens is 283 g/mol. The third-order valence-electron chi connectivity index (χ3n) is 3.58. The summed E-state index contributed by atoms with van der Waals surface area (Å²) in [7, 11) is 0. The largest absolute Gasteiger partial charge is 0.444 e. The number of carbonyl (C=O) groups excluding carboxylic acids is 1. The molecule has 1 aliphatic carbocycles. The molecule has 4 nitrogen and oxygen atoms in total. The van der Waals surface area contributed by atoms with E-state index in [4.69, 9.17) is 4.74 Å². The first-order valence-corrected chi connectivity index (χ1v) is 7.89. The number of hydrogen-bond acceptors (Lipinski definition) is 3. The van der Waals surface area contributed by atoms with E-state index in [1.54, 1.807) is 26.8 Å². The van der Waals surface area contributed by atoms with Gasteiger partial charge in [0.2, 0.25) is 0 Å². The third-order valence-corrected chi connectivity index (χ3v) is 3.58. The highest BCUT2D eigenvalue weighted by Crippen LogP contribution is 2.25. The molecule has 0 bridgehead atoms. The highest BCUT2D eigenvalue weighted by Gasteiger charge is 2.18. The van der Waals surface area contributed by atoms with Crippen molar-refractivity contribution < 1.29 is 13.9 Å². The van der Waals surface area contributed by atoms with Crippen LogP contribution in [-0.4, -0.2) is 17.7 Å². The van der Waals surface area contributed by atoms with Gasteiger partial charge in [-0.2, -0.15) is 0 Å². The average molecular weight is 308 g/mol. The Labute approximate surface area is 131 Å². The molecule has 5 heteroatoms. The molecule has 1 aliphatic rings. The fourth-order valence-corrected chi connectivity index (χ4v) is 2.60. The molecule has 1 aromatic carbocycles. The van der Waals surface area contributed by atoms with Crippen molar-refractivity contribution in [3.8, 4) is 0 Å². The molecule has 1 fully saturated rings. The Morgan fingerprint density at radius 1 is 1.23 bits per heavy atom. The van der Waals surface area contributed by atoms with E-state index in [2.05, 4.69) is 10.6 Å². The first-order chi connectivity index (χ1) is 10.3. The molecule has 0 saturated heterocycles. The van der Waals surface area contributed by atoms with Crippen molar-refractivity contribution in [1.29, 1.82) is 0 Å². The summed E-state index contributed by atoms with van der Waals surface area (Å²) >= 11 is 0. The van der Waals surface area contributed by atoms with Gasteiger partial charge in [0.1, 0.15) is 11.4 Å². The minimum absolute atomic E-state index is 0.305. The number of hydrogen-bond donors (Lipinski definition) is 2. The van der Waals surface area contributed by atoms with Gasteiger partial charge in [0, 0.05) is 11.7 Å². The van der Waals surface area contributed by atoms with Gasteiger partial charge in [-0.05, 0) is 51.8 Å². The summed E-state index contributed by atoms with van der Waals surface area (Å²) in [6.45, 7) is 5.40. The zero-order valence-electron chi connectivity index (χ0n) is 13.5. The van der Waals surface area contributed by atoms with E-state index in [1.807, 2.05) is 0 Å². The zero-order chi connectivity index (χ0) is 16.2. The number of nitrogens with one attached hydrogen (secondary N) is 2. The average Bonchev–Trinajstić information content (AvgIpc) is 2.41. The van der Waals surface area contributed by atoms with Crippen molar-refractivity contribution in [1.82, 2.24) is 0 Å². The van der Waals surface area contributed by atoms with Crippen molar-refractivity contribution in [2.24, 2.45) is 0 Å². The first kappa shape index (κ1) is 16.6. The Morgan fingerprint density at radius 3 is 2.55 bits per heavy atom. The van der Waals surface area contributed by atoms with E-state index in [0.717, 1.165) is 12.8 Å². The molecule has 22 heavy (non-hydrogen) atoms. The maximum atomic E-state index is 13.9. The Hall–Kier alpha value is -1.78. The number of ether oxygens (including phenoxy) is 1. The van der Waals surface area contributed by atoms with Crippen molar-refractivity contribution in [3.63, 3.8) is 0 Å². The Bertz CT molecular complexity index is 520. The molecule has 0 aromatic heterocycles. The molecule has 0 atom stereocenters. The molecule has 1 aromatic rings. The lowest BCUT2D eigenvalue weighted by Crippen LogP contribution is -2.27. The number of benzene rings is 1. The Balaban J connectivity index is 2.01. The monoisotopic (exact) mass is 308 g/mol. The highest BCUT2D eigenvalue weighted by molar-refractivity contribution is 5.85. The molecule has 122 valence electrons. The standard InChI is InChI=1S/C17H25FN2O2/c1-17(2,3)22-16(21)20-13-9-10-14(18)15(11-13)19-12-7-5-4-6-8-12/h9-12,19H,4-8H2,1-3H3,(H,20,21). The summed E-state index contributed by atoms with van der Waals surface area (Å²) < 4.78 is 19.1. The maximum Gasteiger partial charge on any atom is 0.412 e. The van der Waals surface area contributed by atoms with Crippen LogP contribution in [0.1, 0.15) is 52.9 Å². The van der Waals surface area contributed by atoms with Gasteiger partial charge in [0.05, 0.1) is 5.69 Å². The van der Waals surface area contributed by atoms with E-state index in [-0.39, 0.29) is 5.82 Å². The summed E-state index contributed by atoms with van der Waals surface area (Å²) in [6, 6.07) is 4.82. The van der Waals surface area contributed by atoms with Gasteiger partial charge in [-0.1, -0.05) is 19.3 Å². The van der Waals surface area contributed by atoms with Crippen molar-refractivity contribution >= 4 is 17.5 Å². The summed E-state index contributed by atoms with van der Waals surface area (Å²) in [5.74, 6) is -0.305. The SMILES string of the molecule is CC(C)(C)OC(=O)Nc1ccc(F)c(NC2CCCCC2)c1. The summed E-state index contributed by atoms with van der Waals surface area (Å²) in [6.07, 6.45) is 5.18. The number of amides is 1. The summed E-state index contributed by atoms with van der Waals surface area (Å²) in [4.78, 5) is 11.8. The lowest BCUT2D eigenvalue weighted by molar-refractivity contribution is 0.0636. The molecule has 0 heterocycles. The predicted octanol–water partition coefficient (Wildman–Crippen LogP) is 4.92. The van der Waals surface area contributed by atoms with Crippen LogP contribution in [0, 0.1) is 5.82 Å². The highest BCUT2D eigenvalue weighted by atomic mass is 19.1. The number of anilines is 2. The van der Waals surface area contributed by atoms with E-state index in [1.165, 1.54) is 31.4 Å². The van der Waals surface area contributed by atoms with Crippen LogP contribution in [-0.2, 0) is 4.74 Å². The lowest BCUT2D eigenvalue weighted by Gasteiger charge is -2.24. The minimum Gasteiger partial charge on any atom is -0.444 e. The van der Waals surface area contributed by atoms with Crippen molar-refractivity contribution in [2.75, 3.05) is 10.6 Å². The van der Waals surface area contributed by atoms with Crippen molar-refractivity contribution in [3.05, 3.63) is 24.0 Å². The quantitative estimate of drug-likeness (QED) is 0.833. The third kappa shape index (κ3) is 5.20. The van der Waals surface area contributed by atoms with Gasteiger partial charge < -0.3 is 10.1 Å². The van der Waals surface area contributed by atoms with Crippen LogP contribution in [0.4, 0.5) is 20.6 Å². The van der Waals surface area contributed by atoms with E-state index >= 15 is 0 Å². The molecule has 2 N–H and O–H groups in total. The van der Waals surface area contributed by atoms with Crippen molar-refractivity contribution in [2.45, 2.75) is 64.5 Å². The topological polar surface area (TPSA) is 50.4 Å². The number of carbonyl (C=O) groups is 1. The zero-order valence-corrected chi connectivity index (χ0v) is 13.5. The summed E-state index contributed by atoms with van der Waals surface area (Å²) in [5, 5.41) is 5.88. The second-order valence-corrected chi connectivity index (χ2v) is 6.80. The van der Waals surface area contributed by atoms with Gasteiger partial charge in [-0.25, -0.2) is 9.18 Å². The first-order valence-electron chi connectivity index (χ1n) is 7.89. The predicted molar refractivity (Wildman–Crippen MR) is 86.8 cm³/mol. The van der Waals surface area contributed by atoms with Gasteiger partial charge >= 0.3 is 6.09 Å². The van der Waals surface area contributed by atoms with Gasteiger partial charge in [-0.15, -0.1) is 0 Å². The second-order valence-electron chi connectivity index (χ2n) is 6.80. The molecule has 1 saturated carbocycles. The lowest BCUT2D eigenvalue weighted by atomic mass is 9.95. The minimum atomic E-state index is -0.562. The molecule has 2 rings (SSSR count). The fraction of sp³-hybridized carbons (Fsp3) is 0.588. The van der Waals surface area contributed by atoms with E-state index < -0.39 is 11.7 Å². The van der Waals surface area contributed by atoms with Gasteiger partial charge in [0.15, 0.2) is 0 Å². The molecule has 1 amide bonds. The van der Waals surface area contributed by atoms with Crippen LogP contribution in [0.2, 0.25) is 0 Å². The number of rotatable bonds is 3. The van der Waals surface area contributed by atoms with E-state index in [9.17, 15) is 9.18 Å². The van der Waals surface area contributed by atoms with E-state index in [0.29, 0.717) is 17.4 Å². The molecule has 0 aliphatic heterocycles. The maximum absolute atomic E-state index is 13.9. The number of halogens is 1. The molecule has 0 unspecified atom stereocenters. The van der Waals surface area contributed by atoms with Crippen LogP contribution >= 0.6 is 0 Å². The van der Waals surface area contributed by atoms with Gasteiger partial charge in [0.25, 0.3) is 0 Å². The Kier molecular flexibility index (Phi) is 5.27. The van der Waals surface area contributed by atoms with Gasteiger partial charge in [-0.3, -0.25) is 5.32 Å². The molecule has 0 spiro atoms.